The summed E-state index contributed by atoms with van der Waals surface area (Å²) in [6.45, 7) is 6.46. The molecule has 1 aliphatic rings. The maximum atomic E-state index is 8.91. The maximum absolute atomic E-state index is 8.91. The molecule has 0 spiro atoms. The molecule has 2 rings (SSSR count). The van der Waals surface area contributed by atoms with E-state index in [4.69, 9.17) is 22.5 Å². The number of nitrogens with two attached hydrogens (primary N) is 1. The first-order valence-corrected chi connectivity index (χ1v) is 6.93. The smallest absolute Gasteiger partial charge is 0.173 e. The third-order valence-corrected chi connectivity index (χ3v) is 4.18. The summed E-state index contributed by atoms with van der Waals surface area (Å²) in [5.41, 5.74) is 7.32. The Balaban J connectivity index is 2.33. The van der Waals surface area contributed by atoms with E-state index in [0.29, 0.717) is 22.4 Å². The van der Waals surface area contributed by atoms with Crippen LogP contribution in [0.25, 0.3) is 0 Å². The van der Waals surface area contributed by atoms with Gasteiger partial charge in [0.1, 0.15) is 0 Å². The Labute approximate surface area is 118 Å². The normalized spacial score (nSPS) is 20.3. The first-order chi connectivity index (χ1) is 9.04. The SMILES string of the molecule is CC(C)C1CCN(c2cccc(Cl)c2/C(N)=N/O)C1. The zero-order valence-corrected chi connectivity index (χ0v) is 12.1. The maximum Gasteiger partial charge on any atom is 0.173 e. The minimum atomic E-state index is 0.0635. The fourth-order valence-electron chi connectivity index (χ4n) is 2.63. The largest absolute Gasteiger partial charge is 0.409 e. The van der Waals surface area contributed by atoms with Gasteiger partial charge in [-0.25, -0.2) is 0 Å². The zero-order valence-electron chi connectivity index (χ0n) is 11.3. The van der Waals surface area contributed by atoms with Gasteiger partial charge in [0.2, 0.25) is 0 Å². The summed E-state index contributed by atoms with van der Waals surface area (Å²) in [5, 5.41) is 12.5. The lowest BCUT2D eigenvalue weighted by molar-refractivity contribution is 0.318. The van der Waals surface area contributed by atoms with Crippen molar-refractivity contribution >= 4 is 23.1 Å². The average molecular weight is 282 g/mol. The Morgan fingerprint density at radius 2 is 2.26 bits per heavy atom. The monoisotopic (exact) mass is 281 g/mol. The van der Waals surface area contributed by atoms with Crippen LogP contribution in [0.1, 0.15) is 25.8 Å². The number of hydrogen-bond donors (Lipinski definition) is 2. The molecule has 5 heteroatoms. The lowest BCUT2D eigenvalue weighted by Gasteiger charge is -2.23. The molecule has 19 heavy (non-hydrogen) atoms. The predicted molar refractivity (Wildman–Crippen MR) is 79.1 cm³/mol. The molecule has 0 aromatic heterocycles. The summed E-state index contributed by atoms with van der Waals surface area (Å²) in [6, 6.07) is 5.63. The molecule has 0 bridgehead atoms. The molecular formula is C14H20ClN3O. The van der Waals surface area contributed by atoms with Crippen molar-refractivity contribution in [3.63, 3.8) is 0 Å². The van der Waals surface area contributed by atoms with Gasteiger partial charge in [0.15, 0.2) is 5.84 Å². The molecule has 1 aliphatic heterocycles. The van der Waals surface area contributed by atoms with Crippen LogP contribution in [0, 0.1) is 11.8 Å². The minimum Gasteiger partial charge on any atom is -0.409 e. The number of rotatable bonds is 3. The molecule has 104 valence electrons. The molecular weight excluding hydrogens is 262 g/mol. The van der Waals surface area contributed by atoms with Crippen molar-refractivity contribution in [1.29, 1.82) is 0 Å². The zero-order chi connectivity index (χ0) is 14.0. The molecule has 3 N–H and O–H groups in total. The highest BCUT2D eigenvalue weighted by Crippen LogP contribution is 2.33. The van der Waals surface area contributed by atoms with Crippen molar-refractivity contribution in [1.82, 2.24) is 0 Å². The van der Waals surface area contributed by atoms with Crippen molar-refractivity contribution in [2.24, 2.45) is 22.7 Å². The van der Waals surface area contributed by atoms with Gasteiger partial charge in [0, 0.05) is 18.8 Å². The van der Waals surface area contributed by atoms with Crippen LogP contribution in [0.3, 0.4) is 0 Å². The molecule has 4 nitrogen and oxygen atoms in total. The number of benzene rings is 1. The second kappa shape index (κ2) is 5.70. The van der Waals surface area contributed by atoms with Gasteiger partial charge in [0.05, 0.1) is 10.6 Å². The predicted octanol–water partition coefficient (Wildman–Crippen LogP) is 2.92. The van der Waals surface area contributed by atoms with Crippen molar-refractivity contribution in [2.45, 2.75) is 20.3 Å². The van der Waals surface area contributed by atoms with E-state index < -0.39 is 0 Å². The van der Waals surface area contributed by atoms with Crippen molar-refractivity contribution in [2.75, 3.05) is 18.0 Å². The van der Waals surface area contributed by atoms with Gasteiger partial charge in [-0.1, -0.05) is 36.7 Å². The Morgan fingerprint density at radius 3 is 2.84 bits per heavy atom. The summed E-state index contributed by atoms with van der Waals surface area (Å²) in [6.07, 6.45) is 1.17. The van der Waals surface area contributed by atoms with Gasteiger partial charge >= 0.3 is 0 Å². The first-order valence-electron chi connectivity index (χ1n) is 6.56. The highest BCUT2D eigenvalue weighted by molar-refractivity contribution is 6.34. The second-order valence-electron chi connectivity index (χ2n) is 5.36. The summed E-state index contributed by atoms with van der Waals surface area (Å²) in [4.78, 5) is 2.27. The molecule has 0 amide bonds. The van der Waals surface area contributed by atoms with Gasteiger partial charge in [-0.15, -0.1) is 0 Å². The van der Waals surface area contributed by atoms with Gasteiger partial charge < -0.3 is 15.8 Å². The summed E-state index contributed by atoms with van der Waals surface area (Å²) >= 11 is 6.18. The first kappa shape index (κ1) is 14.0. The molecule has 1 aromatic rings. The number of halogens is 1. The molecule has 1 aromatic carbocycles. The van der Waals surface area contributed by atoms with Crippen LogP contribution in [0.4, 0.5) is 5.69 Å². The summed E-state index contributed by atoms with van der Waals surface area (Å²) in [7, 11) is 0. The number of anilines is 1. The molecule has 1 saturated heterocycles. The number of amidine groups is 1. The van der Waals surface area contributed by atoms with E-state index in [-0.39, 0.29) is 5.84 Å². The minimum absolute atomic E-state index is 0.0635. The van der Waals surface area contributed by atoms with E-state index in [1.807, 2.05) is 12.1 Å². The van der Waals surface area contributed by atoms with Crippen LogP contribution >= 0.6 is 11.6 Å². The third-order valence-electron chi connectivity index (χ3n) is 3.86. The van der Waals surface area contributed by atoms with Crippen LogP contribution in [0.5, 0.6) is 0 Å². The van der Waals surface area contributed by atoms with Gasteiger partial charge in [-0.2, -0.15) is 0 Å². The third kappa shape index (κ3) is 2.78. The topological polar surface area (TPSA) is 61.8 Å². The average Bonchev–Trinajstić information content (AvgIpc) is 2.87. The Hall–Kier alpha value is -1.42. The van der Waals surface area contributed by atoms with Crippen LogP contribution in [-0.2, 0) is 0 Å². The summed E-state index contributed by atoms with van der Waals surface area (Å²) in [5.74, 6) is 1.41. The fourth-order valence-corrected chi connectivity index (χ4v) is 2.90. The van der Waals surface area contributed by atoms with E-state index >= 15 is 0 Å². The van der Waals surface area contributed by atoms with Gasteiger partial charge in [-0.3, -0.25) is 0 Å². The highest BCUT2D eigenvalue weighted by Gasteiger charge is 2.27. The lowest BCUT2D eigenvalue weighted by atomic mass is 9.95. The fraction of sp³-hybridized carbons (Fsp3) is 0.500. The highest BCUT2D eigenvalue weighted by atomic mass is 35.5. The van der Waals surface area contributed by atoms with Crippen LogP contribution in [-0.4, -0.2) is 24.1 Å². The van der Waals surface area contributed by atoms with Crippen molar-refractivity contribution < 1.29 is 5.21 Å². The standard InChI is InChI=1S/C14H20ClN3O/c1-9(2)10-6-7-18(8-10)12-5-3-4-11(15)13(12)14(16)17-19/h3-5,9-10,19H,6-8H2,1-2H3,(H2,16,17). The number of oxime groups is 1. The van der Waals surface area contributed by atoms with E-state index in [0.717, 1.165) is 18.8 Å². The van der Waals surface area contributed by atoms with Crippen LogP contribution in [0.15, 0.2) is 23.4 Å². The molecule has 1 heterocycles. The second-order valence-corrected chi connectivity index (χ2v) is 5.77. The van der Waals surface area contributed by atoms with Crippen LogP contribution < -0.4 is 10.6 Å². The molecule has 0 radical (unpaired) electrons. The molecule has 1 fully saturated rings. The Kier molecular flexibility index (Phi) is 4.20. The Bertz CT molecular complexity index is 488. The molecule has 1 atom stereocenters. The molecule has 1 unspecified atom stereocenters. The van der Waals surface area contributed by atoms with E-state index in [1.54, 1.807) is 6.07 Å². The van der Waals surface area contributed by atoms with E-state index in [1.165, 1.54) is 6.42 Å². The lowest BCUT2D eigenvalue weighted by Crippen LogP contribution is -2.25. The molecule has 0 saturated carbocycles. The number of nitrogens with zero attached hydrogens (tertiary/aromatic N) is 2. The van der Waals surface area contributed by atoms with Crippen LogP contribution in [0.2, 0.25) is 5.02 Å². The van der Waals surface area contributed by atoms with E-state index in [2.05, 4.69) is 23.9 Å². The number of hydrogen-bond acceptors (Lipinski definition) is 3. The molecule has 0 aliphatic carbocycles. The van der Waals surface area contributed by atoms with Gasteiger partial charge in [-0.05, 0) is 30.4 Å². The van der Waals surface area contributed by atoms with Crippen molar-refractivity contribution in [3.8, 4) is 0 Å². The van der Waals surface area contributed by atoms with E-state index in [9.17, 15) is 0 Å². The summed E-state index contributed by atoms with van der Waals surface area (Å²) < 4.78 is 0. The van der Waals surface area contributed by atoms with Crippen molar-refractivity contribution in [3.05, 3.63) is 28.8 Å². The quantitative estimate of drug-likeness (QED) is 0.388. The Morgan fingerprint density at radius 1 is 1.53 bits per heavy atom. The van der Waals surface area contributed by atoms with Gasteiger partial charge in [0.25, 0.3) is 0 Å².